The number of nitrogen functional groups attached to an aromatic ring is 1. The molecule has 0 radical (unpaired) electrons. The normalized spacial score (nSPS) is 23.0. The van der Waals surface area contributed by atoms with E-state index in [-0.39, 0.29) is 4.90 Å². The smallest absolute Gasteiger partial charge is 0.175 e. The lowest BCUT2D eigenvalue weighted by Crippen LogP contribution is -2.17. The van der Waals surface area contributed by atoms with Crippen LogP contribution in [0, 0.1) is 11.8 Å². The fourth-order valence-corrected chi connectivity index (χ4v) is 3.82. The van der Waals surface area contributed by atoms with Gasteiger partial charge >= 0.3 is 0 Å². The van der Waals surface area contributed by atoms with E-state index in [1.165, 1.54) is 38.0 Å². The van der Waals surface area contributed by atoms with E-state index in [1.54, 1.807) is 12.1 Å². The summed E-state index contributed by atoms with van der Waals surface area (Å²) >= 11 is 0. The third-order valence-electron chi connectivity index (χ3n) is 4.36. The van der Waals surface area contributed by atoms with E-state index in [2.05, 4.69) is 12.2 Å². The maximum atomic E-state index is 11.5. The van der Waals surface area contributed by atoms with Crippen LogP contribution in [0.3, 0.4) is 0 Å². The molecule has 0 amide bonds. The molecule has 1 aliphatic rings. The number of anilines is 2. The molecule has 0 aliphatic heterocycles. The summed E-state index contributed by atoms with van der Waals surface area (Å²) in [5.74, 6) is 1.65. The predicted molar refractivity (Wildman–Crippen MR) is 88.2 cm³/mol. The Balaban J connectivity index is 1.89. The molecule has 2 unspecified atom stereocenters. The van der Waals surface area contributed by atoms with Crippen molar-refractivity contribution >= 4 is 21.2 Å². The largest absolute Gasteiger partial charge is 0.397 e. The maximum Gasteiger partial charge on any atom is 0.175 e. The Kier molecular flexibility index (Phi) is 5.14. The fourth-order valence-electron chi connectivity index (χ4n) is 3.17. The minimum atomic E-state index is -3.19. The molecule has 1 aromatic carbocycles. The number of benzene rings is 1. The Morgan fingerprint density at radius 1 is 1.33 bits per heavy atom. The van der Waals surface area contributed by atoms with Crippen LogP contribution in [0.4, 0.5) is 11.4 Å². The van der Waals surface area contributed by atoms with E-state index in [9.17, 15) is 8.42 Å². The van der Waals surface area contributed by atoms with Gasteiger partial charge in [-0.25, -0.2) is 8.42 Å². The van der Waals surface area contributed by atoms with E-state index in [4.69, 9.17) is 5.73 Å². The molecule has 4 nitrogen and oxygen atoms in total. The number of hydrogen-bond acceptors (Lipinski definition) is 4. The molecule has 1 aliphatic carbocycles. The van der Waals surface area contributed by atoms with E-state index >= 15 is 0 Å². The average molecular weight is 310 g/mol. The summed E-state index contributed by atoms with van der Waals surface area (Å²) in [6.07, 6.45) is 7.70. The Hall–Kier alpha value is -1.23. The van der Waals surface area contributed by atoms with Gasteiger partial charge in [-0.05, 0) is 42.9 Å². The van der Waals surface area contributed by atoms with Gasteiger partial charge in [-0.15, -0.1) is 0 Å². The number of hydrogen-bond donors (Lipinski definition) is 2. The van der Waals surface area contributed by atoms with Gasteiger partial charge in [0.15, 0.2) is 9.84 Å². The van der Waals surface area contributed by atoms with Gasteiger partial charge in [0, 0.05) is 12.8 Å². The summed E-state index contributed by atoms with van der Waals surface area (Å²) in [7, 11) is -3.19. The molecule has 5 heteroatoms. The van der Waals surface area contributed by atoms with E-state index < -0.39 is 9.84 Å². The van der Waals surface area contributed by atoms with Gasteiger partial charge in [0.2, 0.25) is 0 Å². The molecule has 1 aromatic rings. The molecular weight excluding hydrogens is 284 g/mol. The van der Waals surface area contributed by atoms with Crippen molar-refractivity contribution in [3.05, 3.63) is 18.2 Å². The SMILES string of the molecule is CC1CCCC(CCNc2ccc(S(C)(=O)=O)cc2N)C1. The van der Waals surface area contributed by atoms with Crippen molar-refractivity contribution in [3.8, 4) is 0 Å². The highest BCUT2D eigenvalue weighted by molar-refractivity contribution is 7.90. The highest BCUT2D eigenvalue weighted by Gasteiger charge is 2.18. The topological polar surface area (TPSA) is 72.2 Å². The summed E-state index contributed by atoms with van der Waals surface area (Å²) < 4.78 is 22.9. The fraction of sp³-hybridized carbons (Fsp3) is 0.625. The van der Waals surface area contributed by atoms with Crippen molar-refractivity contribution in [1.82, 2.24) is 0 Å². The van der Waals surface area contributed by atoms with Crippen LogP contribution in [-0.2, 0) is 9.84 Å². The van der Waals surface area contributed by atoms with E-state index in [0.29, 0.717) is 5.69 Å². The number of nitrogens with one attached hydrogen (secondary N) is 1. The number of rotatable bonds is 5. The van der Waals surface area contributed by atoms with Crippen molar-refractivity contribution in [2.24, 2.45) is 11.8 Å². The van der Waals surface area contributed by atoms with Crippen molar-refractivity contribution in [1.29, 1.82) is 0 Å². The van der Waals surface area contributed by atoms with Crippen LogP contribution in [0.1, 0.15) is 39.0 Å². The lowest BCUT2D eigenvalue weighted by atomic mass is 9.81. The van der Waals surface area contributed by atoms with E-state index in [0.717, 1.165) is 30.5 Å². The zero-order valence-corrected chi connectivity index (χ0v) is 13.7. The first-order chi connectivity index (χ1) is 9.86. The molecular formula is C16H26N2O2S. The molecule has 21 heavy (non-hydrogen) atoms. The monoisotopic (exact) mass is 310 g/mol. The second-order valence-electron chi connectivity index (χ2n) is 6.37. The highest BCUT2D eigenvalue weighted by Crippen LogP contribution is 2.31. The molecule has 0 aromatic heterocycles. The van der Waals surface area contributed by atoms with Gasteiger partial charge in [-0.3, -0.25) is 0 Å². The Bertz CT molecular complexity index is 584. The van der Waals surface area contributed by atoms with E-state index in [1.807, 2.05) is 0 Å². The van der Waals surface area contributed by atoms with Crippen molar-refractivity contribution in [2.75, 3.05) is 23.9 Å². The third-order valence-corrected chi connectivity index (χ3v) is 5.47. The lowest BCUT2D eigenvalue weighted by Gasteiger charge is -2.26. The first-order valence-corrected chi connectivity index (χ1v) is 9.59. The minimum absolute atomic E-state index is 0.270. The zero-order chi connectivity index (χ0) is 15.5. The molecule has 2 atom stereocenters. The molecule has 118 valence electrons. The maximum absolute atomic E-state index is 11.5. The first-order valence-electron chi connectivity index (χ1n) is 7.69. The van der Waals surface area contributed by atoms with Crippen molar-refractivity contribution in [2.45, 2.75) is 43.9 Å². The molecule has 2 rings (SSSR count). The summed E-state index contributed by atoms with van der Waals surface area (Å²) in [5.41, 5.74) is 7.25. The second kappa shape index (κ2) is 6.69. The molecule has 0 spiro atoms. The molecule has 0 bridgehead atoms. The second-order valence-corrected chi connectivity index (χ2v) is 8.39. The van der Waals surface area contributed by atoms with Crippen LogP contribution in [0.25, 0.3) is 0 Å². The van der Waals surface area contributed by atoms with Crippen LogP contribution in [0.15, 0.2) is 23.1 Å². The average Bonchev–Trinajstić information content (AvgIpc) is 2.39. The number of sulfone groups is 1. The van der Waals surface area contributed by atoms with Gasteiger partial charge < -0.3 is 11.1 Å². The Morgan fingerprint density at radius 3 is 2.71 bits per heavy atom. The molecule has 3 N–H and O–H groups in total. The molecule has 0 saturated heterocycles. The Labute approximate surface area is 128 Å². The van der Waals surface area contributed by atoms with Gasteiger partial charge in [-0.1, -0.05) is 26.2 Å². The predicted octanol–water partition coefficient (Wildman–Crippen LogP) is 3.30. The van der Waals surface area contributed by atoms with Crippen LogP contribution >= 0.6 is 0 Å². The van der Waals surface area contributed by atoms with Gasteiger partial charge in [0.05, 0.1) is 16.3 Å². The van der Waals surface area contributed by atoms with Crippen molar-refractivity contribution < 1.29 is 8.42 Å². The minimum Gasteiger partial charge on any atom is -0.397 e. The van der Waals surface area contributed by atoms with Crippen LogP contribution in [-0.4, -0.2) is 21.2 Å². The Morgan fingerprint density at radius 2 is 2.10 bits per heavy atom. The first kappa shape index (κ1) is 16.1. The van der Waals surface area contributed by atoms with Gasteiger partial charge in [-0.2, -0.15) is 0 Å². The van der Waals surface area contributed by atoms with Crippen LogP contribution in [0.2, 0.25) is 0 Å². The molecule has 0 heterocycles. The summed E-state index contributed by atoms with van der Waals surface area (Å²) in [4.78, 5) is 0.270. The summed E-state index contributed by atoms with van der Waals surface area (Å²) in [6, 6.07) is 4.90. The van der Waals surface area contributed by atoms with Crippen LogP contribution in [0.5, 0.6) is 0 Å². The van der Waals surface area contributed by atoms with Crippen LogP contribution < -0.4 is 11.1 Å². The number of nitrogens with two attached hydrogens (primary N) is 1. The zero-order valence-electron chi connectivity index (χ0n) is 12.9. The van der Waals surface area contributed by atoms with Gasteiger partial charge in [0.1, 0.15) is 0 Å². The highest BCUT2D eigenvalue weighted by atomic mass is 32.2. The standard InChI is InChI=1S/C16H26N2O2S/c1-12-4-3-5-13(10-12)8-9-18-16-7-6-14(11-15(16)17)21(2,19)20/h6-7,11-13,18H,3-5,8-10,17H2,1-2H3. The summed E-state index contributed by atoms with van der Waals surface area (Å²) in [6.45, 7) is 3.22. The third kappa shape index (κ3) is 4.63. The molecule has 1 saturated carbocycles. The lowest BCUT2D eigenvalue weighted by molar-refractivity contribution is 0.274. The molecule has 1 fully saturated rings. The van der Waals surface area contributed by atoms with Crippen molar-refractivity contribution in [3.63, 3.8) is 0 Å². The quantitative estimate of drug-likeness (QED) is 0.819. The summed E-state index contributed by atoms with van der Waals surface area (Å²) in [5, 5.41) is 3.33. The van der Waals surface area contributed by atoms with Gasteiger partial charge in [0.25, 0.3) is 0 Å².